The van der Waals surface area contributed by atoms with E-state index in [1.165, 1.54) is 77.0 Å². The first kappa shape index (κ1) is 63.7. The fourth-order valence-electron chi connectivity index (χ4n) is 7.93. The predicted octanol–water partition coefficient (Wildman–Crippen LogP) is 7.90. The van der Waals surface area contributed by atoms with Crippen LogP contribution in [0, 0.1) is 0 Å². The zero-order valence-electron chi connectivity index (χ0n) is 40.6. The predicted molar refractivity (Wildman–Crippen MR) is 253 cm³/mol. The third kappa shape index (κ3) is 32.3. The van der Waals surface area contributed by atoms with E-state index in [9.17, 15) is 64.0 Å². The van der Waals surface area contributed by atoms with Gasteiger partial charge in [-0.2, -0.15) is 0 Å². The van der Waals surface area contributed by atoms with Gasteiger partial charge in [0.2, 0.25) is 0 Å². The molecule has 10 atom stereocenters. The molecule has 0 aromatic carbocycles. The minimum Gasteiger partial charge on any atom is -0.462 e. The average molecular weight is 1010 g/mol. The van der Waals surface area contributed by atoms with Crippen molar-refractivity contribution in [3.8, 4) is 0 Å². The molecule has 9 N–H and O–H groups in total. The van der Waals surface area contributed by atoms with Gasteiger partial charge in [-0.05, 0) is 38.5 Å². The average Bonchev–Trinajstić information content (AvgIpc) is 3.28. The van der Waals surface area contributed by atoms with Crippen molar-refractivity contribution in [1.29, 1.82) is 0 Å². The van der Waals surface area contributed by atoms with Crippen LogP contribution in [0.3, 0.4) is 0 Å². The Kier molecular flexibility index (Phi) is 36.4. The van der Waals surface area contributed by atoms with E-state index in [1.54, 1.807) is 0 Å². The minimum absolute atomic E-state index is 0.0510. The summed E-state index contributed by atoms with van der Waals surface area (Å²) < 4.78 is 49.4. The van der Waals surface area contributed by atoms with Crippen molar-refractivity contribution < 1.29 is 87.1 Å². The SMILES string of the molecule is CCCCC/C=C\C[C@H](O)[C@@H](O)CCCCCCCC(=O)O[C@H](COC(=O)CCCCCCCCCCCCCCCCCCC)COP(=O)(O)O[C@H]1C(O)C(O)C(O)[C@@H](OP(=O)(O)O)C1O. The second kappa shape index (κ2) is 38.4. The first-order valence-corrected chi connectivity index (χ1v) is 28.4. The molecule has 396 valence electrons. The molecule has 0 spiro atoms. The van der Waals surface area contributed by atoms with Crippen molar-refractivity contribution in [1.82, 2.24) is 0 Å². The lowest BCUT2D eigenvalue weighted by Gasteiger charge is -2.43. The molecule has 0 aromatic heterocycles. The van der Waals surface area contributed by atoms with Gasteiger partial charge in [-0.3, -0.25) is 23.2 Å². The van der Waals surface area contributed by atoms with E-state index in [0.717, 1.165) is 64.2 Å². The van der Waals surface area contributed by atoms with E-state index in [1.807, 2.05) is 12.2 Å². The van der Waals surface area contributed by atoms with Gasteiger partial charge >= 0.3 is 27.6 Å². The van der Waals surface area contributed by atoms with Crippen LogP contribution >= 0.6 is 15.6 Å². The number of ether oxygens (including phenoxy) is 2. The molecule has 0 saturated heterocycles. The molecule has 5 unspecified atom stereocenters. The number of carbonyl (C=O) groups excluding carboxylic acids is 2. The second-order valence-electron chi connectivity index (χ2n) is 18.2. The maximum absolute atomic E-state index is 13.0. The van der Waals surface area contributed by atoms with Crippen LogP contribution in [0.1, 0.15) is 206 Å². The monoisotopic (exact) mass is 1000 g/mol. The summed E-state index contributed by atoms with van der Waals surface area (Å²) in [7, 11) is -10.7. The zero-order chi connectivity index (χ0) is 49.9. The van der Waals surface area contributed by atoms with Gasteiger partial charge in [0.05, 0.1) is 18.8 Å². The number of allylic oxidation sites excluding steroid dienone is 1. The number of rotatable bonds is 43. The Balaban J connectivity index is 2.59. The molecule has 0 aromatic rings. The number of aliphatic hydroxyl groups excluding tert-OH is 6. The molecule has 1 rings (SSSR count). The summed E-state index contributed by atoms with van der Waals surface area (Å²) in [5.74, 6) is -1.31. The van der Waals surface area contributed by atoms with Crippen molar-refractivity contribution in [2.75, 3.05) is 13.2 Å². The van der Waals surface area contributed by atoms with E-state index < -0.39 is 95.7 Å². The van der Waals surface area contributed by atoms with Gasteiger partial charge in [0.25, 0.3) is 0 Å². The minimum atomic E-state index is -5.38. The smallest absolute Gasteiger partial charge is 0.462 e. The van der Waals surface area contributed by atoms with Gasteiger partial charge in [0.15, 0.2) is 6.10 Å². The molecule has 0 heterocycles. The van der Waals surface area contributed by atoms with E-state index in [0.29, 0.717) is 38.5 Å². The van der Waals surface area contributed by atoms with E-state index in [2.05, 4.69) is 18.4 Å². The lowest BCUT2D eigenvalue weighted by Crippen LogP contribution is -2.64. The van der Waals surface area contributed by atoms with Gasteiger partial charge in [0, 0.05) is 12.8 Å². The van der Waals surface area contributed by atoms with Crippen molar-refractivity contribution in [3.05, 3.63) is 12.2 Å². The van der Waals surface area contributed by atoms with Gasteiger partial charge in [-0.1, -0.05) is 167 Å². The molecule has 18 nitrogen and oxygen atoms in total. The van der Waals surface area contributed by atoms with Crippen LogP contribution in [0.2, 0.25) is 0 Å². The van der Waals surface area contributed by atoms with Crippen LogP contribution in [0.4, 0.5) is 0 Å². The quantitative estimate of drug-likeness (QED) is 0.0121. The van der Waals surface area contributed by atoms with Gasteiger partial charge in [-0.25, -0.2) is 9.13 Å². The Morgan fingerprint density at radius 3 is 1.48 bits per heavy atom. The molecule has 67 heavy (non-hydrogen) atoms. The van der Waals surface area contributed by atoms with Gasteiger partial charge in [0.1, 0.15) is 43.2 Å². The number of hydrogen-bond acceptors (Lipinski definition) is 15. The molecule has 0 aliphatic heterocycles. The Hall–Kier alpha value is -1.34. The highest BCUT2D eigenvalue weighted by molar-refractivity contribution is 7.47. The Bertz CT molecular complexity index is 1380. The summed E-state index contributed by atoms with van der Waals surface area (Å²) in [5.41, 5.74) is 0. The van der Waals surface area contributed by atoms with E-state index in [4.69, 9.17) is 18.5 Å². The van der Waals surface area contributed by atoms with Crippen molar-refractivity contribution in [2.24, 2.45) is 0 Å². The first-order chi connectivity index (χ1) is 31.9. The molecule has 1 saturated carbocycles. The molecule has 0 radical (unpaired) electrons. The normalized spacial score (nSPS) is 22.4. The highest BCUT2D eigenvalue weighted by atomic mass is 31.2. The third-order valence-electron chi connectivity index (χ3n) is 12.0. The molecule has 1 aliphatic carbocycles. The van der Waals surface area contributed by atoms with Crippen LogP contribution in [0.15, 0.2) is 12.2 Å². The van der Waals surface area contributed by atoms with Crippen LogP contribution in [0.5, 0.6) is 0 Å². The fraction of sp³-hybridized carbons (Fsp3) is 0.915. The van der Waals surface area contributed by atoms with Crippen LogP contribution in [-0.4, -0.2) is 125 Å². The summed E-state index contributed by atoms with van der Waals surface area (Å²) in [6, 6.07) is 0. The standard InChI is InChI=1S/C47H90O18P2/c1-3-5-7-9-11-12-13-14-15-16-17-18-19-20-21-25-29-33-40(50)61-35-37(36-62-67(59,60)65-47-44(54)42(52)43(53)46(45(47)55)64-66(56,57)58)63-41(51)34-30-26-22-24-28-32-39(49)38(48)31-27-23-10-8-6-4-2/h23,27,37-39,42-49,52-55H,3-22,24-26,28-36H2,1-2H3,(H,59,60)(H2,56,57,58)/b27-23-/t37-,38+,39+,42?,43?,44?,45?,46-,47+/m1/s1. The Labute approximate surface area is 400 Å². The summed E-state index contributed by atoms with van der Waals surface area (Å²) in [4.78, 5) is 54.4. The number of phosphoric acid groups is 2. The number of carbonyl (C=O) groups is 2. The fourth-order valence-corrected chi connectivity index (χ4v) is 9.47. The topological polar surface area (TPSA) is 296 Å². The molecular formula is C47H90O18P2. The highest BCUT2D eigenvalue weighted by Crippen LogP contribution is 2.49. The van der Waals surface area contributed by atoms with Crippen LogP contribution in [-0.2, 0) is 41.8 Å². The van der Waals surface area contributed by atoms with Gasteiger partial charge in [-0.15, -0.1) is 0 Å². The first-order valence-electron chi connectivity index (χ1n) is 25.4. The summed E-state index contributed by atoms with van der Waals surface area (Å²) in [6.45, 7) is 2.95. The largest absolute Gasteiger partial charge is 0.472 e. The molecular weight excluding hydrogens is 914 g/mol. The second-order valence-corrected chi connectivity index (χ2v) is 20.8. The van der Waals surface area contributed by atoms with E-state index in [-0.39, 0.29) is 12.8 Å². The van der Waals surface area contributed by atoms with Crippen molar-refractivity contribution in [3.63, 3.8) is 0 Å². The molecule has 1 fully saturated rings. The summed E-state index contributed by atoms with van der Waals surface area (Å²) in [6.07, 6.45) is 16.0. The number of phosphoric ester groups is 2. The van der Waals surface area contributed by atoms with Crippen LogP contribution < -0.4 is 0 Å². The number of aliphatic hydroxyl groups is 6. The Morgan fingerprint density at radius 1 is 0.522 bits per heavy atom. The Morgan fingerprint density at radius 2 is 0.970 bits per heavy atom. The molecule has 0 bridgehead atoms. The van der Waals surface area contributed by atoms with Crippen LogP contribution in [0.25, 0.3) is 0 Å². The van der Waals surface area contributed by atoms with Gasteiger partial charge < -0.3 is 54.8 Å². The lowest BCUT2D eigenvalue weighted by molar-refractivity contribution is -0.216. The third-order valence-corrected chi connectivity index (χ3v) is 13.5. The molecule has 20 heteroatoms. The maximum atomic E-state index is 13.0. The number of hydrogen-bond donors (Lipinski definition) is 9. The lowest BCUT2D eigenvalue weighted by atomic mass is 9.85. The van der Waals surface area contributed by atoms with Crippen molar-refractivity contribution in [2.45, 2.75) is 261 Å². The number of unbranched alkanes of at least 4 members (excludes halogenated alkanes) is 23. The zero-order valence-corrected chi connectivity index (χ0v) is 42.4. The molecule has 1 aliphatic rings. The molecule has 0 amide bonds. The maximum Gasteiger partial charge on any atom is 0.472 e. The number of esters is 2. The summed E-state index contributed by atoms with van der Waals surface area (Å²) >= 11 is 0. The van der Waals surface area contributed by atoms with Crippen molar-refractivity contribution >= 4 is 27.6 Å². The highest BCUT2D eigenvalue weighted by Gasteiger charge is 2.54. The van der Waals surface area contributed by atoms with E-state index >= 15 is 0 Å². The summed E-state index contributed by atoms with van der Waals surface area (Å²) in [5, 5.41) is 61.8.